The number of carbonyl (C=O) groups is 1. The highest BCUT2D eigenvalue weighted by molar-refractivity contribution is 6.04. The Kier molecular flexibility index (Phi) is 3.49. The average Bonchev–Trinajstić information content (AvgIpc) is 3.08. The van der Waals surface area contributed by atoms with E-state index >= 15 is 0 Å². The number of esters is 1. The molecule has 3 rings (SSSR count). The zero-order valence-corrected chi connectivity index (χ0v) is 11.3. The number of nitrogens with one attached hydrogen (secondary N) is 1. The maximum absolute atomic E-state index is 11.9. The highest BCUT2D eigenvalue weighted by atomic mass is 16.5. The van der Waals surface area contributed by atoms with E-state index in [0.29, 0.717) is 23.0 Å². The average molecular weight is 276 g/mol. The van der Waals surface area contributed by atoms with Crippen LogP contribution in [0.1, 0.15) is 43.1 Å². The van der Waals surface area contributed by atoms with Crippen LogP contribution in [-0.4, -0.2) is 33.7 Å². The molecule has 106 valence electrons. The Morgan fingerprint density at radius 3 is 3.00 bits per heavy atom. The Hall–Kier alpha value is -2.18. The smallest absolute Gasteiger partial charge is 0.361 e. The van der Waals surface area contributed by atoms with Gasteiger partial charge in [-0.05, 0) is 19.8 Å². The topological polar surface area (TPSA) is 90.1 Å². The fraction of sp³-hybridized carbons (Fsp3) is 0.538. The van der Waals surface area contributed by atoms with E-state index in [0.717, 1.165) is 12.8 Å². The minimum atomic E-state index is -0.518. The Balaban J connectivity index is 1.97. The number of carbonyl (C=O) groups excluding carboxylic acids is 1. The van der Waals surface area contributed by atoms with Gasteiger partial charge < -0.3 is 14.6 Å². The first-order valence-electron chi connectivity index (χ1n) is 6.83. The Morgan fingerprint density at radius 2 is 2.25 bits per heavy atom. The molecule has 1 aliphatic carbocycles. The van der Waals surface area contributed by atoms with Gasteiger partial charge in [-0.25, -0.2) is 9.78 Å². The van der Waals surface area contributed by atoms with Crippen molar-refractivity contribution in [3.63, 3.8) is 0 Å². The zero-order valence-electron chi connectivity index (χ0n) is 11.3. The molecule has 0 saturated heterocycles. The lowest BCUT2D eigenvalue weighted by atomic mass is 10.2. The number of hydrogen-bond donors (Lipinski definition) is 1. The van der Waals surface area contributed by atoms with Gasteiger partial charge in [-0.1, -0.05) is 18.0 Å². The predicted molar refractivity (Wildman–Crippen MR) is 71.4 cm³/mol. The largest absolute Gasteiger partial charge is 0.461 e. The molecule has 0 unspecified atom stereocenters. The van der Waals surface area contributed by atoms with Gasteiger partial charge in [0.15, 0.2) is 0 Å². The lowest BCUT2D eigenvalue weighted by molar-refractivity contribution is 0.0517. The van der Waals surface area contributed by atoms with Gasteiger partial charge in [-0.15, -0.1) is 0 Å². The van der Waals surface area contributed by atoms with Gasteiger partial charge in [0.25, 0.3) is 5.71 Å². The van der Waals surface area contributed by atoms with Crippen molar-refractivity contribution in [1.82, 2.24) is 15.1 Å². The summed E-state index contributed by atoms with van der Waals surface area (Å²) < 4.78 is 10.1. The SMILES string of the molecule is CCOC(=O)c1noc2ncnc(NC3CCCC3)c12. The third-order valence-corrected chi connectivity index (χ3v) is 3.44. The number of aromatic nitrogens is 3. The molecule has 7 heteroatoms. The molecule has 0 aromatic carbocycles. The van der Waals surface area contributed by atoms with E-state index in [9.17, 15) is 4.79 Å². The van der Waals surface area contributed by atoms with Gasteiger partial charge in [0.2, 0.25) is 5.69 Å². The van der Waals surface area contributed by atoms with Crippen molar-refractivity contribution in [1.29, 1.82) is 0 Å². The summed E-state index contributed by atoms with van der Waals surface area (Å²) in [7, 11) is 0. The van der Waals surface area contributed by atoms with Crippen molar-refractivity contribution in [2.75, 3.05) is 11.9 Å². The molecule has 0 radical (unpaired) electrons. The molecule has 20 heavy (non-hydrogen) atoms. The number of hydrogen-bond acceptors (Lipinski definition) is 7. The van der Waals surface area contributed by atoms with Gasteiger partial charge in [0.05, 0.1) is 6.61 Å². The summed E-state index contributed by atoms with van der Waals surface area (Å²) >= 11 is 0. The molecule has 7 nitrogen and oxygen atoms in total. The van der Waals surface area contributed by atoms with Crippen LogP contribution in [0.25, 0.3) is 11.1 Å². The number of ether oxygens (including phenoxy) is 1. The van der Waals surface area contributed by atoms with Crippen molar-refractivity contribution in [3.05, 3.63) is 12.0 Å². The van der Waals surface area contributed by atoms with Crippen LogP contribution in [0, 0.1) is 0 Å². The van der Waals surface area contributed by atoms with Gasteiger partial charge in [0.1, 0.15) is 17.5 Å². The van der Waals surface area contributed by atoms with Crippen LogP contribution < -0.4 is 5.32 Å². The molecule has 1 N–H and O–H groups in total. The van der Waals surface area contributed by atoms with Crippen LogP contribution in [0.15, 0.2) is 10.9 Å². The Labute approximate surface area is 115 Å². The third kappa shape index (κ3) is 2.31. The summed E-state index contributed by atoms with van der Waals surface area (Å²) in [5, 5.41) is 7.60. The molecule has 2 aromatic heterocycles. The molecule has 2 heterocycles. The van der Waals surface area contributed by atoms with Crippen molar-refractivity contribution in [2.24, 2.45) is 0 Å². The molecule has 0 bridgehead atoms. The third-order valence-electron chi connectivity index (χ3n) is 3.44. The second-order valence-corrected chi connectivity index (χ2v) is 4.78. The van der Waals surface area contributed by atoms with Gasteiger partial charge in [-0.3, -0.25) is 0 Å². The summed E-state index contributed by atoms with van der Waals surface area (Å²) in [6.07, 6.45) is 6.03. The Morgan fingerprint density at radius 1 is 1.45 bits per heavy atom. The normalized spacial score (nSPS) is 15.7. The molecule has 0 spiro atoms. The fourth-order valence-corrected chi connectivity index (χ4v) is 2.50. The van der Waals surface area contributed by atoms with E-state index in [2.05, 4.69) is 20.4 Å². The number of rotatable bonds is 4. The van der Waals surface area contributed by atoms with Crippen molar-refractivity contribution >= 4 is 22.9 Å². The minimum Gasteiger partial charge on any atom is -0.461 e. The highest BCUT2D eigenvalue weighted by Gasteiger charge is 2.24. The fourth-order valence-electron chi connectivity index (χ4n) is 2.50. The maximum Gasteiger partial charge on any atom is 0.361 e. The second-order valence-electron chi connectivity index (χ2n) is 4.78. The van der Waals surface area contributed by atoms with Crippen LogP contribution in [0.4, 0.5) is 5.82 Å². The van der Waals surface area contributed by atoms with E-state index in [1.54, 1.807) is 6.92 Å². The molecule has 0 amide bonds. The van der Waals surface area contributed by atoms with E-state index in [1.807, 2.05) is 0 Å². The van der Waals surface area contributed by atoms with Crippen molar-refractivity contribution in [2.45, 2.75) is 38.6 Å². The van der Waals surface area contributed by atoms with Gasteiger partial charge in [-0.2, -0.15) is 4.98 Å². The van der Waals surface area contributed by atoms with E-state index in [-0.39, 0.29) is 12.3 Å². The summed E-state index contributed by atoms with van der Waals surface area (Å²) in [6.45, 7) is 2.03. The molecule has 0 aliphatic heterocycles. The molecule has 0 atom stereocenters. The van der Waals surface area contributed by atoms with Crippen molar-refractivity contribution < 1.29 is 14.1 Å². The lowest BCUT2D eigenvalue weighted by Gasteiger charge is -2.12. The minimum absolute atomic E-state index is 0.128. The molecule has 1 aliphatic rings. The predicted octanol–water partition coefficient (Wildman–Crippen LogP) is 2.15. The molecular formula is C13H16N4O3. The summed E-state index contributed by atoms with van der Waals surface area (Å²) in [5.74, 6) is 0.0710. The van der Waals surface area contributed by atoms with Crippen LogP contribution in [-0.2, 0) is 4.74 Å². The number of nitrogens with zero attached hydrogens (tertiary/aromatic N) is 3. The van der Waals surface area contributed by atoms with Crippen LogP contribution in [0.3, 0.4) is 0 Å². The molecular weight excluding hydrogens is 260 g/mol. The monoisotopic (exact) mass is 276 g/mol. The van der Waals surface area contributed by atoms with Crippen LogP contribution >= 0.6 is 0 Å². The van der Waals surface area contributed by atoms with Gasteiger partial charge >= 0.3 is 5.97 Å². The molecule has 1 fully saturated rings. The first-order valence-corrected chi connectivity index (χ1v) is 6.83. The van der Waals surface area contributed by atoms with Crippen LogP contribution in [0.2, 0.25) is 0 Å². The first-order chi connectivity index (χ1) is 9.79. The molecule has 1 saturated carbocycles. The highest BCUT2D eigenvalue weighted by Crippen LogP contribution is 2.27. The molecule has 2 aromatic rings. The van der Waals surface area contributed by atoms with E-state index in [1.165, 1.54) is 19.2 Å². The summed E-state index contributed by atoms with van der Waals surface area (Å²) in [6, 6.07) is 0.373. The van der Waals surface area contributed by atoms with E-state index < -0.39 is 5.97 Å². The van der Waals surface area contributed by atoms with E-state index in [4.69, 9.17) is 9.26 Å². The number of anilines is 1. The van der Waals surface area contributed by atoms with Crippen LogP contribution in [0.5, 0.6) is 0 Å². The number of fused-ring (bicyclic) bond motifs is 1. The first kappa shape index (κ1) is 12.8. The zero-order chi connectivity index (χ0) is 13.9. The van der Waals surface area contributed by atoms with Crippen molar-refractivity contribution in [3.8, 4) is 0 Å². The maximum atomic E-state index is 11.9. The van der Waals surface area contributed by atoms with Gasteiger partial charge in [0, 0.05) is 6.04 Å². The standard InChI is InChI=1S/C13H16N4O3/c1-2-19-13(18)10-9-11(16-8-5-3-4-6-8)14-7-15-12(9)20-17-10/h7-8H,2-6H2,1H3,(H,14,15,16). The lowest BCUT2D eigenvalue weighted by Crippen LogP contribution is -2.16. The summed E-state index contributed by atoms with van der Waals surface area (Å²) in [4.78, 5) is 20.1. The quantitative estimate of drug-likeness (QED) is 0.855. The Bertz CT molecular complexity index is 619. The summed E-state index contributed by atoms with van der Waals surface area (Å²) in [5.41, 5.74) is 0.423. The second kappa shape index (κ2) is 5.44.